The quantitative estimate of drug-likeness (QED) is 0.817. The summed E-state index contributed by atoms with van der Waals surface area (Å²) < 4.78 is 13.8. The summed E-state index contributed by atoms with van der Waals surface area (Å²) in [6.07, 6.45) is 2.38. The Morgan fingerprint density at radius 1 is 1.59 bits per heavy atom. The number of anilines is 1. The van der Waals surface area contributed by atoms with Gasteiger partial charge in [-0.05, 0) is 47.2 Å². The smallest absolute Gasteiger partial charge is 0.161 e. The largest absolute Gasteiger partial charge is 0.334 e. The van der Waals surface area contributed by atoms with Crippen LogP contribution in [0.5, 0.6) is 0 Å². The summed E-state index contributed by atoms with van der Waals surface area (Å²) in [7, 11) is 0. The molecule has 1 heterocycles. The van der Waals surface area contributed by atoms with Crippen LogP contribution in [-0.2, 0) is 0 Å². The lowest BCUT2D eigenvalue weighted by atomic mass is 10.2. The van der Waals surface area contributed by atoms with Gasteiger partial charge >= 0.3 is 0 Å². The lowest BCUT2D eigenvalue weighted by Crippen LogP contribution is -2.08. The van der Waals surface area contributed by atoms with E-state index in [2.05, 4.69) is 39.8 Å². The van der Waals surface area contributed by atoms with Crippen LogP contribution in [0.4, 0.5) is 10.1 Å². The predicted octanol–water partition coefficient (Wildman–Crippen LogP) is 4.11. The maximum absolute atomic E-state index is 13.0. The third kappa shape index (κ3) is 3.58. The monoisotopic (exact) mass is 364 g/mol. The van der Waals surface area contributed by atoms with E-state index in [-0.39, 0.29) is 5.82 Å². The number of rotatable bonds is 3. The number of hydrogen-bond donors (Lipinski definition) is 1. The first kappa shape index (κ1) is 13.1. The number of thioether (sulfide) groups is 1. The molecule has 0 radical (unpaired) electrons. The molecule has 2 rings (SSSR count). The number of nitrogens with one attached hydrogen (secondary N) is 1. The molecule has 1 aliphatic rings. The first-order valence-corrected chi connectivity index (χ1v) is 7.58. The highest BCUT2D eigenvalue weighted by atomic mass is 127. The van der Waals surface area contributed by atoms with Crippen molar-refractivity contribution in [2.45, 2.75) is 25.0 Å². The van der Waals surface area contributed by atoms with Crippen LogP contribution in [0, 0.1) is 9.39 Å². The van der Waals surface area contributed by atoms with Gasteiger partial charge in [0.2, 0.25) is 0 Å². The van der Waals surface area contributed by atoms with Crippen LogP contribution in [-0.4, -0.2) is 17.0 Å². The van der Waals surface area contributed by atoms with Gasteiger partial charge in [-0.1, -0.05) is 25.1 Å². The number of benzene rings is 1. The molecular formula is C12H14FIN2S. The Morgan fingerprint density at radius 2 is 2.41 bits per heavy atom. The normalized spacial score (nSPS) is 19.2. The average Bonchev–Trinajstić information content (AvgIpc) is 2.71. The fourth-order valence-corrected chi connectivity index (χ4v) is 3.41. The molecule has 1 aromatic carbocycles. The van der Waals surface area contributed by atoms with Crippen LogP contribution in [0.1, 0.15) is 19.8 Å². The van der Waals surface area contributed by atoms with Gasteiger partial charge in [-0.2, -0.15) is 0 Å². The molecule has 0 saturated heterocycles. The van der Waals surface area contributed by atoms with Crippen LogP contribution in [0.25, 0.3) is 0 Å². The highest BCUT2D eigenvalue weighted by molar-refractivity contribution is 14.1. The van der Waals surface area contributed by atoms with Gasteiger partial charge in [0.05, 0.1) is 12.2 Å². The number of aliphatic imine (C=N–C) groups is 1. The lowest BCUT2D eigenvalue weighted by Gasteiger charge is -2.09. The van der Waals surface area contributed by atoms with Crippen molar-refractivity contribution in [3.05, 3.63) is 27.6 Å². The molecule has 92 valence electrons. The maximum Gasteiger partial charge on any atom is 0.161 e. The zero-order valence-corrected chi connectivity index (χ0v) is 12.5. The molecule has 5 heteroatoms. The second-order valence-corrected chi connectivity index (χ2v) is 6.37. The summed E-state index contributed by atoms with van der Waals surface area (Å²) in [5, 5.41) is 4.81. The molecule has 1 aromatic rings. The lowest BCUT2D eigenvalue weighted by molar-refractivity contribution is 0.627. The highest BCUT2D eigenvalue weighted by Crippen LogP contribution is 2.27. The molecule has 0 spiro atoms. The van der Waals surface area contributed by atoms with E-state index in [4.69, 9.17) is 0 Å². The minimum absolute atomic E-state index is 0.204. The van der Waals surface area contributed by atoms with Gasteiger partial charge in [0.25, 0.3) is 0 Å². The zero-order chi connectivity index (χ0) is 12.3. The summed E-state index contributed by atoms with van der Waals surface area (Å²) in [6.45, 7) is 3.08. The molecule has 17 heavy (non-hydrogen) atoms. The van der Waals surface area contributed by atoms with Crippen molar-refractivity contribution < 1.29 is 4.39 Å². The van der Waals surface area contributed by atoms with Gasteiger partial charge in [0, 0.05) is 8.82 Å². The number of amidine groups is 1. The fraction of sp³-hybridized carbons (Fsp3) is 0.417. The van der Waals surface area contributed by atoms with Gasteiger partial charge in [-0.25, -0.2) is 4.39 Å². The van der Waals surface area contributed by atoms with Crippen LogP contribution in [0.2, 0.25) is 0 Å². The Balaban J connectivity index is 1.98. The van der Waals surface area contributed by atoms with Gasteiger partial charge in [-0.3, -0.25) is 4.99 Å². The molecule has 0 bridgehead atoms. The molecule has 1 unspecified atom stereocenters. The SMILES string of the molecule is CCCC1CN=C(Nc2ccc(F)cc2I)S1. The molecule has 0 amide bonds. The van der Waals surface area contributed by atoms with E-state index in [9.17, 15) is 4.39 Å². The molecule has 0 saturated carbocycles. The van der Waals surface area contributed by atoms with E-state index in [0.717, 1.165) is 21.0 Å². The first-order chi connectivity index (χ1) is 8.19. The van der Waals surface area contributed by atoms with E-state index in [1.54, 1.807) is 17.8 Å². The summed E-state index contributed by atoms with van der Waals surface area (Å²) in [5.41, 5.74) is 0.926. The topological polar surface area (TPSA) is 24.4 Å². The molecular weight excluding hydrogens is 350 g/mol. The minimum Gasteiger partial charge on any atom is -0.334 e. The molecule has 0 aliphatic carbocycles. The van der Waals surface area contributed by atoms with E-state index < -0.39 is 0 Å². The molecule has 2 nitrogen and oxygen atoms in total. The Hall–Kier alpha value is -0.300. The summed E-state index contributed by atoms with van der Waals surface area (Å²) in [6, 6.07) is 4.74. The van der Waals surface area contributed by atoms with Gasteiger partial charge in [0.15, 0.2) is 5.17 Å². The van der Waals surface area contributed by atoms with Crippen LogP contribution >= 0.6 is 34.4 Å². The first-order valence-electron chi connectivity index (χ1n) is 5.62. The van der Waals surface area contributed by atoms with Crippen LogP contribution in [0.15, 0.2) is 23.2 Å². The molecule has 1 N–H and O–H groups in total. The van der Waals surface area contributed by atoms with Crippen molar-refractivity contribution in [2.75, 3.05) is 11.9 Å². The second-order valence-electron chi connectivity index (χ2n) is 3.92. The number of nitrogens with zero attached hydrogens (tertiary/aromatic N) is 1. The molecule has 0 aromatic heterocycles. The minimum atomic E-state index is -0.204. The summed E-state index contributed by atoms with van der Waals surface area (Å²) in [5.74, 6) is -0.204. The summed E-state index contributed by atoms with van der Waals surface area (Å²) in [4.78, 5) is 4.47. The Kier molecular flexibility index (Phi) is 4.67. The van der Waals surface area contributed by atoms with Crippen molar-refractivity contribution in [3.8, 4) is 0 Å². The van der Waals surface area contributed by atoms with Crippen molar-refractivity contribution in [2.24, 2.45) is 4.99 Å². The molecule has 0 fully saturated rings. The van der Waals surface area contributed by atoms with E-state index in [0.29, 0.717) is 5.25 Å². The Bertz CT molecular complexity index is 437. The van der Waals surface area contributed by atoms with Crippen molar-refractivity contribution in [3.63, 3.8) is 0 Å². The van der Waals surface area contributed by atoms with Crippen molar-refractivity contribution in [1.29, 1.82) is 0 Å². The Morgan fingerprint density at radius 3 is 3.12 bits per heavy atom. The Labute approximate surface area is 119 Å². The third-order valence-corrected chi connectivity index (χ3v) is 4.57. The van der Waals surface area contributed by atoms with E-state index in [1.165, 1.54) is 25.0 Å². The third-order valence-electron chi connectivity index (χ3n) is 2.50. The number of hydrogen-bond acceptors (Lipinski definition) is 3. The van der Waals surface area contributed by atoms with E-state index in [1.807, 2.05) is 0 Å². The molecule has 1 aliphatic heterocycles. The average molecular weight is 364 g/mol. The maximum atomic E-state index is 13.0. The van der Waals surface area contributed by atoms with Gasteiger partial charge in [-0.15, -0.1) is 0 Å². The number of halogens is 2. The second kappa shape index (κ2) is 6.04. The highest BCUT2D eigenvalue weighted by Gasteiger charge is 2.19. The van der Waals surface area contributed by atoms with Crippen LogP contribution < -0.4 is 5.32 Å². The molecule has 1 atom stereocenters. The standard InChI is InChI=1S/C12H14FIN2S/c1-2-3-9-7-15-12(17-9)16-11-5-4-8(13)6-10(11)14/h4-6,9H,2-3,7H2,1H3,(H,15,16). The van der Waals surface area contributed by atoms with Gasteiger partial charge in [0.1, 0.15) is 5.82 Å². The summed E-state index contributed by atoms with van der Waals surface area (Å²) >= 11 is 3.91. The fourth-order valence-electron chi connectivity index (χ4n) is 1.66. The van der Waals surface area contributed by atoms with Crippen LogP contribution in [0.3, 0.4) is 0 Å². The van der Waals surface area contributed by atoms with Gasteiger partial charge < -0.3 is 5.32 Å². The van der Waals surface area contributed by atoms with E-state index >= 15 is 0 Å². The zero-order valence-electron chi connectivity index (χ0n) is 9.54. The van der Waals surface area contributed by atoms with Crippen molar-refractivity contribution in [1.82, 2.24) is 0 Å². The predicted molar refractivity (Wildman–Crippen MR) is 81.3 cm³/mol. The van der Waals surface area contributed by atoms with Crippen molar-refractivity contribution >= 4 is 45.2 Å².